The van der Waals surface area contributed by atoms with Gasteiger partial charge in [0.05, 0.1) is 0 Å². The van der Waals surface area contributed by atoms with Gasteiger partial charge in [0.25, 0.3) is 0 Å². The van der Waals surface area contributed by atoms with Crippen LogP contribution in [0.4, 0.5) is 4.79 Å². The Hall–Kier alpha value is -2.66. The van der Waals surface area contributed by atoms with Gasteiger partial charge in [-0.3, -0.25) is 10.7 Å². The number of amides is 1. The molecule has 0 bridgehead atoms. The van der Waals surface area contributed by atoms with E-state index in [-0.39, 0.29) is 12.4 Å². The molecule has 1 amide bonds. The van der Waals surface area contributed by atoms with Crippen LogP contribution in [0.15, 0.2) is 54.6 Å². The van der Waals surface area contributed by atoms with E-state index in [0.717, 1.165) is 11.1 Å². The van der Waals surface area contributed by atoms with E-state index >= 15 is 0 Å². The third-order valence-corrected chi connectivity index (χ3v) is 2.92. The number of carbonyl (C=O) groups excluding carboxylic acids is 1. The summed E-state index contributed by atoms with van der Waals surface area (Å²) in [6.07, 6.45) is -0.647. The lowest BCUT2D eigenvalue weighted by Crippen LogP contribution is -2.30. The maximum Gasteiger partial charge on any atom is 0.413 e. The predicted molar refractivity (Wildman–Crippen MR) is 80.9 cm³/mol. The Morgan fingerprint density at radius 1 is 1.05 bits per heavy atom. The number of carbonyl (C=O) groups is 1. The number of nitrogens with two attached hydrogens (primary N) is 1. The van der Waals surface area contributed by atoms with Crippen LogP contribution in [0, 0.1) is 5.41 Å². The van der Waals surface area contributed by atoms with Gasteiger partial charge < -0.3 is 10.5 Å². The minimum atomic E-state index is -0.647. The second kappa shape index (κ2) is 7.21. The summed E-state index contributed by atoms with van der Waals surface area (Å²) in [5, 5.41) is 10.2. The molecule has 0 unspecified atom stereocenters. The first-order valence-corrected chi connectivity index (χ1v) is 6.54. The second-order valence-electron chi connectivity index (χ2n) is 4.46. The van der Waals surface area contributed by atoms with Gasteiger partial charge in [0.1, 0.15) is 12.4 Å². The fourth-order valence-electron chi connectivity index (χ4n) is 1.74. The molecule has 0 saturated heterocycles. The molecule has 2 aromatic carbocycles. The van der Waals surface area contributed by atoms with Crippen LogP contribution in [-0.2, 0) is 17.9 Å². The highest BCUT2D eigenvalue weighted by Crippen LogP contribution is 2.05. The number of amidine groups is 1. The van der Waals surface area contributed by atoms with Crippen molar-refractivity contribution in [1.82, 2.24) is 5.32 Å². The maximum atomic E-state index is 11.6. The average molecular weight is 283 g/mol. The smallest absolute Gasteiger partial charge is 0.413 e. The summed E-state index contributed by atoms with van der Waals surface area (Å²) in [7, 11) is 0. The Morgan fingerprint density at radius 3 is 2.29 bits per heavy atom. The molecule has 0 radical (unpaired) electrons. The first kappa shape index (κ1) is 14.7. The van der Waals surface area contributed by atoms with Crippen molar-refractivity contribution in [2.75, 3.05) is 0 Å². The monoisotopic (exact) mass is 283 g/mol. The van der Waals surface area contributed by atoms with E-state index in [9.17, 15) is 4.79 Å². The van der Waals surface area contributed by atoms with Crippen molar-refractivity contribution in [3.63, 3.8) is 0 Å². The van der Waals surface area contributed by atoms with E-state index in [1.165, 1.54) is 0 Å². The molecule has 5 heteroatoms. The number of nitrogens with one attached hydrogen (secondary N) is 2. The summed E-state index contributed by atoms with van der Waals surface area (Å²) in [5.74, 6) is 0.0130. The van der Waals surface area contributed by atoms with Crippen LogP contribution in [0.3, 0.4) is 0 Å². The predicted octanol–water partition coefficient (Wildman–Crippen LogP) is 2.40. The molecule has 0 aliphatic carbocycles. The lowest BCUT2D eigenvalue weighted by Gasteiger charge is -2.08. The fraction of sp³-hybridized carbons (Fsp3) is 0.125. The Kier molecular flexibility index (Phi) is 5.06. The molecule has 2 rings (SSSR count). The quantitative estimate of drug-likeness (QED) is 0.594. The summed E-state index contributed by atoms with van der Waals surface area (Å²) >= 11 is 0. The Bertz CT molecular complexity index is 609. The second-order valence-corrected chi connectivity index (χ2v) is 4.46. The lowest BCUT2D eigenvalue weighted by atomic mass is 10.1. The highest BCUT2D eigenvalue weighted by atomic mass is 16.5. The summed E-state index contributed by atoms with van der Waals surface area (Å²) < 4.78 is 5.07. The zero-order chi connectivity index (χ0) is 15.1. The highest BCUT2D eigenvalue weighted by molar-refractivity contribution is 6.04. The molecule has 21 heavy (non-hydrogen) atoms. The van der Waals surface area contributed by atoms with Gasteiger partial charge in [-0.2, -0.15) is 0 Å². The molecule has 0 atom stereocenters. The Morgan fingerprint density at radius 2 is 1.67 bits per heavy atom. The van der Waals surface area contributed by atoms with Crippen molar-refractivity contribution < 1.29 is 9.53 Å². The third-order valence-electron chi connectivity index (χ3n) is 2.92. The molecule has 2 aromatic rings. The molecule has 4 N–H and O–H groups in total. The summed E-state index contributed by atoms with van der Waals surface area (Å²) in [6, 6.07) is 16.4. The molecule has 0 spiro atoms. The van der Waals surface area contributed by atoms with Gasteiger partial charge in [0, 0.05) is 12.1 Å². The van der Waals surface area contributed by atoms with Crippen molar-refractivity contribution in [2.45, 2.75) is 13.2 Å². The molecule has 108 valence electrons. The molecule has 0 aromatic heterocycles. The van der Waals surface area contributed by atoms with E-state index in [4.69, 9.17) is 15.9 Å². The molecule has 0 fully saturated rings. The average Bonchev–Trinajstić information content (AvgIpc) is 2.54. The van der Waals surface area contributed by atoms with E-state index in [1.807, 2.05) is 30.3 Å². The molecule has 0 saturated carbocycles. The van der Waals surface area contributed by atoms with Crippen molar-refractivity contribution >= 4 is 11.9 Å². The minimum absolute atomic E-state index is 0.0130. The SMILES string of the molecule is N=C(NC(=O)OCc1ccc(CN)cc1)c1ccccc1. The molecular formula is C16H17N3O2. The first-order chi connectivity index (χ1) is 10.2. The Labute approximate surface area is 123 Å². The number of benzene rings is 2. The number of ether oxygens (including phenoxy) is 1. The normalized spacial score (nSPS) is 9.95. The van der Waals surface area contributed by atoms with Gasteiger partial charge >= 0.3 is 6.09 Å². The van der Waals surface area contributed by atoms with E-state index < -0.39 is 6.09 Å². The van der Waals surface area contributed by atoms with Crippen LogP contribution in [0.2, 0.25) is 0 Å². The number of hydrogen-bond donors (Lipinski definition) is 3. The van der Waals surface area contributed by atoms with Crippen molar-refractivity contribution in [3.8, 4) is 0 Å². The van der Waals surface area contributed by atoms with Crippen LogP contribution >= 0.6 is 0 Å². The van der Waals surface area contributed by atoms with Gasteiger partial charge in [0.15, 0.2) is 0 Å². The number of rotatable bonds is 4. The highest BCUT2D eigenvalue weighted by Gasteiger charge is 2.07. The zero-order valence-corrected chi connectivity index (χ0v) is 11.5. The van der Waals surface area contributed by atoms with E-state index in [0.29, 0.717) is 12.1 Å². The van der Waals surface area contributed by atoms with Crippen molar-refractivity contribution in [3.05, 3.63) is 71.3 Å². The van der Waals surface area contributed by atoms with Crippen LogP contribution in [0.1, 0.15) is 16.7 Å². The van der Waals surface area contributed by atoms with Crippen LogP contribution in [-0.4, -0.2) is 11.9 Å². The van der Waals surface area contributed by atoms with Crippen molar-refractivity contribution in [1.29, 1.82) is 5.41 Å². The van der Waals surface area contributed by atoms with Gasteiger partial charge in [-0.15, -0.1) is 0 Å². The topological polar surface area (TPSA) is 88.2 Å². The number of hydrogen-bond acceptors (Lipinski definition) is 4. The third kappa shape index (κ3) is 4.43. The standard InChI is InChI=1S/C16H17N3O2/c17-10-12-6-8-13(9-7-12)11-21-16(20)19-15(18)14-4-2-1-3-5-14/h1-9H,10-11,17H2,(H2,18,19,20). The van der Waals surface area contributed by atoms with Gasteiger partial charge in [-0.1, -0.05) is 54.6 Å². The minimum Gasteiger partial charge on any atom is -0.444 e. The summed E-state index contributed by atoms with van der Waals surface area (Å²) in [6.45, 7) is 0.634. The van der Waals surface area contributed by atoms with Crippen LogP contribution < -0.4 is 11.1 Å². The zero-order valence-electron chi connectivity index (χ0n) is 11.5. The molecule has 0 aliphatic rings. The van der Waals surface area contributed by atoms with E-state index in [2.05, 4.69) is 5.32 Å². The van der Waals surface area contributed by atoms with Gasteiger partial charge in [-0.25, -0.2) is 4.79 Å². The maximum absolute atomic E-state index is 11.6. The van der Waals surface area contributed by atoms with Gasteiger partial charge in [0.2, 0.25) is 0 Å². The molecule has 0 aliphatic heterocycles. The van der Waals surface area contributed by atoms with E-state index in [1.54, 1.807) is 24.3 Å². The Balaban J connectivity index is 1.83. The lowest BCUT2D eigenvalue weighted by molar-refractivity contribution is 0.145. The fourth-order valence-corrected chi connectivity index (χ4v) is 1.74. The largest absolute Gasteiger partial charge is 0.444 e. The summed E-state index contributed by atoms with van der Waals surface area (Å²) in [5.41, 5.74) is 8.03. The number of alkyl carbamates (subject to hydrolysis) is 1. The molecule has 5 nitrogen and oxygen atoms in total. The van der Waals surface area contributed by atoms with Crippen LogP contribution in [0.25, 0.3) is 0 Å². The van der Waals surface area contributed by atoms with Crippen molar-refractivity contribution in [2.24, 2.45) is 5.73 Å². The first-order valence-electron chi connectivity index (χ1n) is 6.54. The molecular weight excluding hydrogens is 266 g/mol. The van der Waals surface area contributed by atoms with Crippen LogP contribution in [0.5, 0.6) is 0 Å². The van der Waals surface area contributed by atoms with Gasteiger partial charge in [-0.05, 0) is 11.1 Å². The summed E-state index contributed by atoms with van der Waals surface area (Å²) in [4.78, 5) is 11.6. The molecule has 0 heterocycles.